The Morgan fingerprint density at radius 3 is 1.50 bits per heavy atom. The van der Waals surface area contributed by atoms with Gasteiger partial charge in [-0.2, -0.15) is 0 Å². The van der Waals surface area contributed by atoms with Gasteiger partial charge in [-0.25, -0.2) is 0 Å². The van der Waals surface area contributed by atoms with Crippen LogP contribution in [0.15, 0.2) is 36.4 Å². The van der Waals surface area contributed by atoms with Crippen LogP contribution in [-0.2, 0) is 6.42 Å². The SMILES string of the molecule is CCc1cccc(P(C(C)C)C(C)C)c1-c1c(OC)cccc1P(C(C)C)C(C)C. The van der Waals surface area contributed by atoms with Gasteiger partial charge in [-0.3, -0.25) is 0 Å². The van der Waals surface area contributed by atoms with Crippen molar-refractivity contribution in [1.82, 2.24) is 0 Å². The monoisotopic (exact) mass is 444 g/mol. The van der Waals surface area contributed by atoms with E-state index in [9.17, 15) is 0 Å². The van der Waals surface area contributed by atoms with Crippen molar-refractivity contribution in [3.63, 3.8) is 0 Å². The summed E-state index contributed by atoms with van der Waals surface area (Å²) in [6.45, 7) is 21.4. The van der Waals surface area contributed by atoms with E-state index < -0.39 is 0 Å². The van der Waals surface area contributed by atoms with Gasteiger partial charge >= 0.3 is 0 Å². The van der Waals surface area contributed by atoms with Gasteiger partial charge in [-0.15, -0.1) is 0 Å². The van der Waals surface area contributed by atoms with Crippen LogP contribution in [0.1, 0.15) is 67.9 Å². The molecule has 0 aliphatic carbocycles. The van der Waals surface area contributed by atoms with E-state index in [0.29, 0.717) is 22.6 Å². The molecule has 0 unspecified atom stereocenters. The van der Waals surface area contributed by atoms with E-state index in [1.54, 1.807) is 5.30 Å². The fraction of sp³-hybridized carbons (Fsp3) is 0.556. The Balaban J connectivity index is 2.97. The van der Waals surface area contributed by atoms with Crippen LogP contribution >= 0.6 is 15.8 Å². The van der Waals surface area contributed by atoms with Crippen molar-refractivity contribution in [1.29, 1.82) is 0 Å². The smallest absolute Gasteiger partial charge is 0.127 e. The molecule has 1 nitrogen and oxygen atoms in total. The zero-order valence-electron chi connectivity index (χ0n) is 20.8. The van der Waals surface area contributed by atoms with Crippen molar-refractivity contribution in [2.45, 2.75) is 91.4 Å². The fourth-order valence-corrected chi connectivity index (χ4v) is 11.0. The quantitative estimate of drug-likeness (QED) is 0.359. The minimum atomic E-state index is -0.293. The molecule has 3 heteroatoms. The minimum absolute atomic E-state index is 0.268. The third-order valence-electron chi connectivity index (χ3n) is 5.77. The van der Waals surface area contributed by atoms with E-state index in [0.717, 1.165) is 12.2 Å². The highest BCUT2D eigenvalue weighted by Gasteiger charge is 2.29. The van der Waals surface area contributed by atoms with Gasteiger partial charge in [0.2, 0.25) is 0 Å². The molecule has 0 spiro atoms. The Morgan fingerprint density at radius 1 is 0.667 bits per heavy atom. The first kappa shape index (κ1) is 25.4. The molecule has 166 valence electrons. The first-order valence-corrected chi connectivity index (χ1v) is 14.5. The van der Waals surface area contributed by atoms with Crippen molar-refractivity contribution >= 4 is 26.5 Å². The molecular formula is C27H42OP2. The van der Waals surface area contributed by atoms with E-state index >= 15 is 0 Å². The van der Waals surface area contributed by atoms with Crippen LogP contribution in [0.5, 0.6) is 5.75 Å². The largest absolute Gasteiger partial charge is 0.496 e. The highest BCUT2D eigenvalue weighted by atomic mass is 31.1. The van der Waals surface area contributed by atoms with Crippen LogP contribution in [0, 0.1) is 0 Å². The van der Waals surface area contributed by atoms with Gasteiger partial charge < -0.3 is 4.74 Å². The number of hydrogen-bond acceptors (Lipinski definition) is 1. The molecule has 0 N–H and O–H groups in total. The van der Waals surface area contributed by atoms with Crippen LogP contribution in [0.4, 0.5) is 0 Å². The number of rotatable bonds is 9. The lowest BCUT2D eigenvalue weighted by Crippen LogP contribution is -2.23. The van der Waals surface area contributed by atoms with Gasteiger partial charge in [-0.05, 0) is 56.9 Å². The maximum absolute atomic E-state index is 6.02. The molecule has 0 bridgehead atoms. The molecule has 0 saturated carbocycles. The molecule has 2 aromatic rings. The van der Waals surface area contributed by atoms with Crippen molar-refractivity contribution in [3.05, 3.63) is 42.0 Å². The molecule has 0 heterocycles. The van der Waals surface area contributed by atoms with Crippen molar-refractivity contribution in [2.75, 3.05) is 7.11 Å². The van der Waals surface area contributed by atoms with E-state index in [1.807, 2.05) is 7.11 Å². The summed E-state index contributed by atoms with van der Waals surface area (Å²) < 4.78 is 6.02. The lowest BCUT2D eigenvalue weighted by molar-refractivity contribution is 0.417. The number of hydrogen-bond donors (Lipinski definition) is 0. The molecular weight excluding hydrogens is 402 g/mol. The maximum atomic E-state index is 6.02. The zero-order valence-corrected chi connectivity index (χ0v) is 22.6. The maximum Gasteiger partial charge on any atom is 0.127 e. The van der Waals surface area contributed by atoms with E-state index in [1.165, 1.54) is 22.0 Å². The van der Waals surface area contributed by atoms with Gasteiger partial charge in [0, 0.05) is 5.56 Å². The Labute approximate surface area is 188 Å². The molecule has 2 aromatic carbocycles. The van der Waals surface area contributed by atoms with Crippen LogP contribution in [0.2, 0.25) is 0 Å². The van der Waals surface area contributed by atoms with Crippen LogP contribution in [0.25, 0.3) is 11.1 Å². The Morgan fingerprint density at radius 2 is 1.10 bits per heavy atom. The van der Waals surface area contributed by atoms with Gasteiger partial charge in [0.1, 0.15) is 5.75 Å². The average Bonchev–Trinajstić information content (AvgIpc) is 2.66. The molecule has 2 rings (SSSR count). The number of aryl methyl sites for hydroxylation is 1. The zero-order chi connectivity index (χ0) is 22.6. The predicted molar refractivity (Wildman–Crippen MR) is 141 cm³/mol. The summed E-state index contributed by atoms with van der Waals surface area (Å²) in [5.74, 6) is 1.03. The minimum Gasteiger partial charge on any atom is -0.496 e. The second-order valence-electron chi connectivity index (χ2n) is 9.21. The molecule has 0 aliphatic heterocycles. The molecule has 0 aliphatic rings. The lowest BCUT2D eigenvalue weighted by atomic mass is 9.97. The second-order valence-corrected chi connectivity index (χ2v) is 15.9. The summed E-state index contributed by atoms with van der Waals surface area (Å²) in [5.41, 5.74) is 6.88. The highest BCUT2D eigenvalue weighted by Crippen LogP contribution is 2.52. The highest BCUT2D eigenvalue weighted by molar-refractivity contribution is 7.68. The molecule has 0 amide bonds. The van der Waals surface area contributed by atoms with E-state index in [2.05, 4.69) is 98.7 Å². The average molecular weight is 445 g/mol. The van der Waals surface area contributed by atoms with Gasteiger partial charge in [0.15, 0.2) is 0 Å². The van der Waals surface area contributed by atoms with Gasteiger partial charge in [-0.1, -0.05) is 108 Å². The van der Waals surface area contributed by atoms with E-state index in [4.69, 9.17) is 4.74 Å². The third kappa shape index (κ3) is 5.29. The Bertz CT molecular complexity index is 738. The summed E-state index contributed by atoms with van der Waals surface area (Å²) in [6, 6.07) is 13.8. The third-order valence-corrected chi connectivity index (χ3v) is 12.1. The Kier molecular flexibility index (Phi) is 9.39. The van der Waals surface area contributed by atoms with E-state index in [-0.39, 0.29) is 15.8 Å². The van der Waals surface area contributed by atoms with Crippen LogP contribution in [-0.4, -0.2) is 29.7 Å². The summed E-state index contributed by atoms with van der Waals surface area (Å²) in [6.07, 6.45) is 1.04. The van der Waals surface area contributed by atoms with Gasteiger partial charge in [0.25, 0.3) is 0 Å². The van der Waals surface area contributed by atoms with Crippen molar-refractivity contribution in [2.24, 2.45) is 0 Å². The molecule has 30 heavy (non-hydrogen) atoms. The van der Waals surface area contributed by atoms with Gasteiger partial charge in [0.05, 0.1) is 7.11 Å². The molecule has 0 fully saturated rings. The van der Waals surface area contributed by atoms with Crippen molar-refractivity contribution in [3.8, 4) is 16.9 Å². The number of methoxy groups -OCH3 is 1. The summed E-state index contributed by atoms with van der Waals surface area (Å²) >= 11 is 0. The predicted octanol–water partition coefficient (Wildman–Crippen LogP) is 7.77. The molecule has 0 aromatic heterocycles. The first-order chi connectivity index (χ1) is 14.1. The fourth-order valence-electron chi connectivity index (χ4n) is 4.85. The normalized spacial score (nSPS) is 12.3. The number of benzene rings is 2. The molecule has 0 atom stereocenters. The molecule has 0 saturated heterocycles. The summed E-state index contributed by atoms with van der Waals surface area (Å²) in [4.78, 5) is 0. The van der Waals surface area contributed by atoms with Crippen LogP contribution in [0.3, 0.4) is 0 Å². The summed E-state index contributed by atoms with van der Waals surface area (Å²) in [7, 11) is 1.27. The topological polar surface area (TPSA) is 9.23 Å². The first-order valence-electron chi connectivity index (χ1n) is 11.5. The van der Waals surface area contributed by atoms with Crippen LogP contribution < -0.4 is 15.3 Å². The lowest BCUT2D eigenvalue weighted by Gasteiger charge is -2.33. The Hall–Kier alpha value is -0.900. The second kappa shape index (κ2) is 11.1. The standard InChI is InChI=1S/C27H42OP2/c1-11-22-14-12-16-24(29(18(2)3)19(4)5)26(22)27-23(28-10)15-13-17-25(27)30(20(6)7)21(8)9/h12-21H,11H2,1-10H3. The molecule has 0 radical (unpaired) electrons. The van der Waals surface area contributed by atoms with Crippen molar-refractivity contribution < 1.29 is 4.74 Å². The summed E-state index contributed by atoms with van der Waals surface area (Å²) in [5, 5.41) is 3.07. The number of ether oxygens (including phenoxy) is 1.